The molecule has 3 aliphatic carbocycles. The van der Waals surface area contributed by atoms with E-state index in [9.17, 15) is 0 Å². The third-order valence-corrected chi connectivity index (χ3v) is 12.6. The summed E-state index contributed by atoms with van der Waals surface area (Å²) in [6.45, 7) is 27.0. The third-order valence-electron chi connectivity index (χ3n) is 11.2. The summed E-state index contributed by atoms with van der Waals surface area (Å²) in [5, 5.41) is 5.57. The average molecular weight is 831 g/mol. The molecule has 0 amide bonds. The molecule has 8 rings (SSSR count). The van der Waals surface area contributed by atoms with Crippen LogP contribution in [0.1, 0.15) is 120 Å². The van der Waals surface area contributed by atoms with Crippen LogP contribution in [0, 0.1) is 31.3 Å². The van der Waals surface area contributed by atoms with E-state index in [2.05, 4.69) is 192 Å². The Morgan fingerprint density at radius 3 is 1.43 bits per heavy atom. The van der Waals surface area contributed by atoms with E-state index in [1.807, 2.05) is 0 Å². The Morgan fingerprint density at radius 2 is 1.09 bits per heavy atom. The molecule has 1 atom stereocenters. The molecule has 0 aromatic heterocycles. The average Bonchev–Trinajstić information content (AvgIpc) is 3.82. The van der Waals surface area contributed by atoms with Crippen molar-refractivity contribution in [3.05, 3.63) is 159 Å². The van der Waals surface area contributed by atoms with Crippen molar-refractivity contribution < 1.29 is 49.0 Å². The minimum Gasteiger partial charge on any atom is -1.00 e. The van der Waals surface area contributed by atoms with Crippen molar-refractivity contribution in [2.24, 2.45) is 11.3 Å². The molecule has 0 saturated carbocycles. The van der Waals surface area contributed by atoms with Crippen LogP contribution < -0.4 is 24.8 Å². The second kappa shape index (κ2) is 16.6. The van der Waals surface area contributed by atoms with Gasteiger partial charge < -0.3 is 24.8 Å². The number of hydrogen-bond donors (Lipinski definition) is 0. The van der Waals surface area contributed by atoms with Gasteiger partial charge in [0.2, 0.25) is 0 Å². The first-order valence-corrected chi connectivity index (χ1v) is 20.3. The molecule has 1 unspecified atom stereocenters. The predicted molar refractivity (Wildman–Crippen MR) is 225 cm³/mol. The number of hydrogen-bond acceptors (Lipinski definition) is 0. The molecule has 0 bridgehead atoms. The fourth-order valence-corrected chi connectivity index (χ4v) is 8.86. The summed E-state index contributed by atoms with van der Waals surface area (Å²) in [6.07, 6.45) is 13.8. The van der Waals surface area contributed by atoms with Gasteiger partial charge >= 0.3 is 112 Å². The Morgan fingerprint density at radius 1 is 0.685 bits per heavy atom. The van der Waals surface area contributed by atoms with Crippen molar-refractivity contribution in [3.63, 3.8) is 0 Å². The summed E-state index contributed by atoms with van der Waals surface area (Å²) in [6, 6.07) is 29.6. The van der Waals surface area contributed by atoms with Gasteiger partial charge in [-0.2, -0.15) is 11.6 Å². The summed E-state index contributed by atoms with van der Waals surface area (Å²) < 4.78 is 1.42. The van der Waals surface area contributed by atoms with Gasteiger partial charge in [-0.05, 0) is 36.1 Å². The van der Waals surface area contributed by atoms with E-state index in [4.69, 9.17) is 0 Å². The zero-order valence-electron chi connectivity index (χ0n) is 34.4. The van der Waals surface area contributed by atoms with Gasteiger partial charge in [0.25, 0.3) is 0 Å². The summed E-state index contributed by atoms with van der Waals surface area (Å²) in [5.74, 6) is 0.573. The Kier molecular flexibility index (Phi) is 13.5. The van der Waals surface area contributed by atoms with Crippen molar-refractivity contribution in [3.8, 4) is 0 Å². The van der Waals surface area contributed by atoms with Crippen LogP contribution in [0.4, 0.5) is 0 Å². The van der Waals surface area contributed by atoms with E-state index in [0.29, 0.717) is 11.3 Å². The van der Waals surface area contributed by atoms with E-state index in [1.54, 1.807) is 0 Å². The van der Waals surface area contributed by atoms with Crippen molar-refractivity contribution in [1.29, 1.82) is 0 Å². The molecule has 0 saturated heterocycles. The number of halogens is 2. The van der Waals surface area contributed by atoms with Gasteiger partial charge in [-0.3, -0.25) is 6.08 Å². The fourth-order valence-electron chi connectivity index (χ4n) is 8.04. The first-order chi connectivity index (χ1) is 24.4. The van der Waals surface area contributed by atoms with Crippen LogP contribution in [-0.4, -0.2) is 3.21 Å². The Bertz CT molecular complexity index is 2150. The molecule has 0 fully saturated rings. The minimum atomic E-state index is 0. The summed E-state index contributed by atoms with van der Waals surface area (Å²) in [7, 11) is 0. The Balaban J connectivity index is 0.000000194. The summed E-state index contributed by atoms with van der Waals surface area (Å²) in [4.78, 5) is 0. The monoisotopic (exact) mass is 828 g/mol. The Labute approximate surface area is 353 Å². The van der Waals surface area contributed by atoms with Crippen LogP contribution in [0.5, 0.6) is 0 Å². The van der Waals surface area contributed by atoms with E-state index in [0.717, 1.165) is 0 Å². The number of allylic oxidation sites excluding steroid dienone is 8. The van der Waals surface area contributed by atoms with Gasteiger partial charge in [-0.25, -0.2) is 6.08 Å². The zero-order chi connectivity index (χ0) is 37.7. The van der Waals surface area contributed by atoms with E-state index >= 15 is 0 Å². The summed E-state index contributed by atoms with van der Waals surface area (Å²) >= 11 is 1.46. The van der Waals surface area contributed by atoms with Crippen molar-refractivity contribution in [1.82, 2.24) is 0 Å². The van der Waals surface area contributed by atoms with Gasteiger partial charge in [-0.1, -0.05) is 109 Å². The molecule has 0 spiro atoms. The van der Waals surface area contributed by atoms with Gasteiger partial charge in [0.15, 0.2) is 0 Å². The number of rotatable bonds is 3. The van der Waals surface area contributed by atoms with Gasteiger partial charge in [0.1, 0.15) is 0 Å². The van der Waals surface area contributed by atoms with Crippen LogP contribution in [0.3, 0.4) is 0 Å². The number of fused-ring (bicyclic) bond motifs is 5. The quantitative estimate of drug-likeness (QED) is 0.163. The molecule has 0 heterocycles. The van der Waals surface area contributed by atoms with Crippen molar-refractivity contribution in [2.75, 3.05) is 0 Å². The van der Waals surface area contributed by atoms with Crippen LogP contribution in [0.15, 0.2) is 109 Å². The zero-order valence-corrected chi connectivity index (χ0v) is 38.3. The van der Waals surface area contributed by atoms with Gasteiger partial charge in [0.05, 0.1) is 0 Å². The molecule has 5 aromatic carbocycles. The molecule has 3 heteroatoms. The molecule has 0 nitrogen and oxygen atoms in total. The fraction of sp³-hybridized carbons (Fsp3) is 0.333. The van der Waals surface area contributed by atoms with Crippen LogP contribution in [-0.2, 0) is 35.1 Å². The molecule has 0 aliphatic heterocycles. The molecule has 280 valence electrons. The standard InChI is InChI=1S/C25H25.C15H14.C11H17.2ClH.Zr/c1-14-12-24(3,4)22-8-16-7-17-9-23-19(15(2)13-25(23,5)6)11-21(17)20(16)10-18(14)22;1-12-3-7-14(8-4-12)11-15-9-5-13(2)6-10-15;1-5-9-6-7-10(8-9)11(2,3)4;;;/h7-13H,1-6H3;3-10H,1-2H3;7-9H,5H2,1-4H3;2*1H;/q-1;;-1;;;+2/p-2. The van der Waals surface area contributed by atoms with Crippen LogP contribution in [0.2, 0.25) is 0 Å². The third kappa shape index (κ3) is 9.02. The SMILES string of the molecule is CC1=CC(C)(C)c2cc3[cH-]c4cc5c(cc4c3cc21)C(C)=CC5(C)C.CCC1[C-]=CC(C(C)(C)C)=C1.Cc1ccc([C](=[Zr+2])c2ccc(C)cc2)cc1.[Cl-].[Cl-]. The topological polar surface area (TPSA) is 0 Å². The van der Waals surface area contributed by atoms with E-state index < -0.39 is 0 Å². The van der Waals surface area contributed by atoms with Crippen LogP contribution >= 0.6 is 0 Å². The predicted octanol–water partition coefficient (Wildman–Crippen LogP) is 7.89. The maximum Gasteiger partial charge on any atom is -1.00 e. The smallest absolute Gasteiger partial charge is 1.00 e. The van der Waals surface area contributed by atoms with Gasteiger partial charge in [-0.15, -0.1) is 39.7 Å². The molecule has 0 radical (unpaired) electrons. The first kappa shape index (κ1) is 43.8. The molecule has 5 aromatic rings. The normalized spacial score (nSPS) is 17.1. The minimum absolute atomic E-state index is 0. The molecule has 0 N–H and O–H groups in total. The number of aryl methyl sites for hydroxylation is 2. The Hall–Kier alpha value is -2.96. The molecule has 54 heavy (non-hydrogen) atoms. The second-order valence-corrected chi connectivity index (χ2v) is 18.7. The largest absolute Gasteiger partial charge is 1.00 e. The van der Waals surface area contributed by atoms with Gasteiger partial charge in [0, 0.05) is 10.8 Å². The van der Waals surface area contributed by atoms with E-state index in [-0.39, 0.29) is 35.6 Å². The maximum atomic E-state index is 3.35. The van der Waals surface area contributed by atoms with E-state index in [1.165, 1.54) is 117 Å². The molecular formula is C51H56Cl2Zr-2. The maximum absolute atomic E-state index is 3.35. The van der Waals surface area contributed by atoms with Crippen molar-refractivity contribution in [2.45, 2.75) is 100 Å². The molecule has 3 aliphatic rings. The number of benzene rings is 4. The van der Waals surface area contributed by atoms with Crippen molar-refractivity contribution >= 4 is 35.9 Å². The molecular weight excluding hydrogens is 775 g/mol. The summed E-state index contributed by atoms with van der Waals surface area (Å²) in [5.41, 5.74) is 15.9. The van der Waals surface area contributed by atoms with Crippen LogP contribution in [0.25, 0.3) is 32.7 Å². The second-order valence-electron chi connectivity index (χ2n) is 17.5. The first-order valence-electron chi connectivity index (χ1n) is 19.0.